The third kappa shape index (κ3) is 3.08. The quantitative estimate of drug-likeness (QED) is 0.938. The molecule has 6 heteroatoms. The lowest BCUT2D eigenvalue weighted by Crippen LogP contribution is -2.46. The first-order valence-electron chi connectivity index (χ1n) is 8.37. The molecule has 0 bridgehead atoms. The van der Waals surface area contributed by atoms with Crippen molar-refractivity contribution in [2.24, 2.45) is 0 Å². The molecule has 1 amide bonds. The predicted octanol–water partition coefficient (Wildman–Crippen LogP) is 2.44. The van der Waals surface area contributed by atoms with Crippen LogP contribution in [0.4, 0.5) is 0 Å². The molecule has 1 fully saturated rings. The average molecular weight is 316 g/mol. The van der Waals surface area contributed by atoms with Crippen molar-refractivity contribution in [3.63, 3.8) is 0 Å². The normalized spacial score (nSPS) is 16.0. The molecule has 23 heavy (non-hydrogen) atoms. The van der Waals surface area contributed by atoms with E-state index in [-0.39, 0.29) is 5.91 Å². The summed E-state index contributed by atoms with van der Waals surface area (Å²) < 4.78 is 5.26. The molecule has 0 aromatic carbocycles. The minimum atomic E-state index is 0.0700. The Morgan fingerprint density at radius 3 is 2.83 bits per heavy atom. The van der Waals surface area contributed by atoms with Gasteiger partial charge in [0.1, 0.15) is 0 Å². The maximum absolute atomic E-state index is 13.3. The van der Waals surface area contributed by atoms with Crippen molar-refractivity contribution in [2.75, 3.05) is 19.6 Å². The number of aromatic nitrogens is 2. The molecule has 0 unspecified atom stereocenters. The summed E-state index contributed by atoms with van der Waals surface area (Å²) in [6, 6.07) is 2.16. The molecule has 1 saturated heterocycles. The standard InChI is InChI=1S/C17H24N4O2/c1-4-9-21(13-5-7-18-8-6-13)17(22)14-10-11(2)19-16-15(14)12(3)20-23-16/h10,13,18H,4-9H2,1-3H3. The summed E-state index contributed by atoms with van der Waals surface area (Å²) in [5, 5.41) is 8.09. The Hall–Kier alpha value is -1.95. The highest BCUT2D eigenvalue weighted by atomic mass is 16.5. The van der Waals surface area contributed by atoms with Crippen molar-refractivity contribution >= 4 is 17.0 Å². The van der Waals surface area contributed by atoms with Gasteiger partial charge < -0.3 is 14.7 Å². The van der Waals surface area contributed by atoms with Crippen LogP contribution in [0.3, 0.4) is 0 Å². The summed E-state index contributed by atoms with van der Waals surface area (Å²) in [4.78, 5) is 19.6. The van der Waals surface area contributed by atoms with E-state index in [0.717, 1.165) is 55.7 Å². The van der Waals surface area contributed by atoms with Crippen molar-refractivity contribution < 1.29 is 9.32 Å². The van der Waals surface area contributed by atoms with Crippen LogP contribution < -0.4 is 5.32 Å². The molecular formula is C17H24N4O2. The van der Waals surface area contributed by atoms with Gasteiger partial charge in [0, 0.05) is 18.3 Å². The fourth-order valence-corrected chi connectivity index (χ4v) is 3.35. The van der Waals surface area contributed by atoms with E-state index in [2.05, 4.69) is 22.4 Å². The molecule has 1 N–H and O–H groups in total. The van der Waals surface area contributed by atoms with Crippen LogP contribution in [0, 0.1) is 13.8 Å². The highest BCUT2D eigenvalue weighted by molar-refractivity contribution is 6.06. The molecular weight excluding hydrogens is 292 g/mol. The van der Waals surface area contributed by atoms with Gasteiger partial charge in [0.2, 0.25) is 0 Å². The number of piperidine rings is 1. The van der Waals surface area contributed by atoms with Crippen LogP contribution in [-0.4, -0.2) is 46.6 Å². The number of carbonyl (C=O) groups excluding carboxylic acids is 1. The summed E-state index contributed by atoms with van der Waals surface area (Å²) in [5.74, 6) is 0.0700. The van der Waals surface area contributed by atoms with Crippen LogP contribution >= 0.6 is 0 Å². The Morgan fingerprint density at radius 2 is 2.13 bits per heavy atom. The first-order valence-corrected chi connectivity index (χ1v) is 8.37. The van der Waals surface area contributed by atoms with E-state index in [4.69, 9.17) is 4.52 Å². The molecule has 2 aromatic rings. The SMILES string of the molecule is CCCN(C(=O)c1cc(C)nc2onc(C)c12)C1CCNCC1. The molecule has 2 aromatic heterocycles. The molecule has 1 aliphatic rings. The number of fused-ring (bicyclic) bond motifs is 1. The lowest BCUT2D eigenvalue weighted by Gasteiger charge is -2.34. The summed E-state index contributed by atoms with van der Waals surface area (Å²) in [6.45, 7) is 8.55. The number of nitrogens with zero attached hydrogens (tertiary/aromatic N) is 3. The van der Waals surface area contributed by atoms with E-state index in [0.29, 0.717) is 17.3 Å². The van der Waals surface area contributed by atoms with Gasteiger partial charge in [-0.1, -0.05) is 12.1 Å². The Kier molecular flexibility index (Phi) is 4.61. The number of nitrogens with one attached hydrogen (secondary N) is 1. The maximum atomic E-state index is 13.3. The number of carbonyl (C=O) groups is 1. The van der Waals surface area contributed by atoms with Gasteiger partial charge >= 0.3 is 0 Å². The zero-order valence-electron chi connectivity index (χ0n) is 14.1. The predicted molar refractivity (Wildman–Crippen MR) is 88.5 cm³/mol. The van der Waals surface area contributed by atoms with E-state index in [1.54, 1.807) is 0 Å². The van der Waals surface area contributed by atoms with Gasteiger partial charge in [-0.15, -0.1) is 0 Å². The topological polar surface area (TPSA) is 71.3 Å². The Bertz CT molecular complexity index is 704. The first-order chi connectivity index (χ1) is 11.1. The minimum absolute atomic E-state index is 0.0700. The molecule has 124 valence electrons. The Labute approximate surface area is 136 Å². The fraction of sp³-hybridized carbons (Fsp3) is 0.588. The zero-order chi connectivity index (χ0) is 16.4. The van der Waals surface area contributed by atoms with Gasteiger partial charge in [0.25, 0.3) is 11.6 Å². The summed E-state index contributed by atoms with van der Waals surface area (Å²) in [7, 11) is 0. The van der Waals surface area contributed by atoms with Crippen molar-refractivity contribution in [3.8, 4) is 0 Å². The summed E-state index contributed by atoms with van der Waals surface area (Å²) in [6.07, 6.45) is 2.95. The molecule has 6 nitrogen and oxygen atoms in total. The number of aryl methyl sites for hydroxylation is 2. The highest BCUT2D eigenvalue weighted by Gasteiger charge is 2.28. The van der Waals surface area contributed by atoms with Crippen LogP contribution in [0.5, 0.6) is 0 Å². The Morgan fingerprint density at radius 1 is 1.39 bits per heavy atom. The third-order valence-electron chi connectivity index (χ3n) is 4.45. The second-order valence-corrected chi connectivity index (χ2v) is 6.24. The van der Waals surface area contributed by atoms with Gasteiger partial charge in [-0.2, -0.15) is 0 Å². The molecule has 0 saturated carbocycles. The molecule has 1 aliphatic heterocycles. The van der Waals surface area contributed by atoms with Crippen LogP contribution in [0.15, 0.2) is 10.6 Å². The number of amides is 1. The van der Waals surface area contributed by atoms with Gasteiger partial charge in [0.05, 0.1) is 16.6 Å². The lowest BCUT2D eigenvalue weighted by molar-refractivity contribution is 0.0644. The minimum Gasteiger partial charge on any atom is -0.336 e. The lowest BCUT2D eigenvalue weighted by atomic mass is 10.0. The van der Waals surface area contributed by atoms with Crippen LogP contribution in [0.25, 0.3) is 11.1 Å². The van der Waals surface area contributed by atoms with Crippen LogP contribution in [-0.2, 0) is 0 Å². The molecule has 0 spiro atoms. The van der Waals surface area contributed by atoms with E-state index >= 15 is 0 Å². The smallest absolute Gasteiger partial charge is 0.258 e. The summed E-state index contributed by atoms with van der Waals surface area (Å²) in [5.41, 5.74) is 2.61. The number of hydrogen-bond donors (Lipinski definition) is 1. The van der Waals surface area contributed by atoms with Crippen molar-refractivity contribution in [1.82, 2.24) is 20.4 Å². The summed E-state index contributed by atoms with van der Waals surface area (Å²) >= 11 is 0. The largest absolute Gasteiger partial charge is 0.336 e. The second kappa shape index (κ2) is 6.66. The molecule has 3 rings (SSSR count). The van der Waals surface area contributed by atoms with Gasteiger partial charge in [-0.3, -0.25) is 4.79 Å². The van der Waals surface area contributed by atoms with E-state index in [9.17, 15) is 4.79 Å². The molecule has 3 heterocycles. The van der Waals surface area contributed by atoms with E-state index < -0.39 is 0 Å². The fourth-order valence-electron chi connectivity index (χ4n) is 3.35. The highest BCUT2D eigenvalue weighted by Crippen LogP contribution is 2.25. The zero-order valence-corrected chi connectivity index (χ0v) is 14.1. The van der Waals surface area contributed by atoms with Crippen molar-refractivity contribution in [3.05, 3.63) is 23.0 Å². The van der Waals surface area contributed by atoms with Crippen molar-refractivity contribution in [1.29, 1.82) is 0 Å². The molecule has 0 atom stereocenters. The van der Waals surface area contributed by atoms with E-state index in [1.165, 1.54) is 0 Å². The van der Waals surface area contributed by atoms with Crippen LogP contribution in [0.1, 0.15) is 47.9 Å². The number of hydrogen-bond acceptors (Lipinski definition) is 5. The van der Waals surface area contributed by atoms with Crippen LogP contribution in [0.2, 0.25) is 0 Å². The third-order valence-corrected chi connectivity index (χ3v) is 4.45. The van der Waals surface area contributed by atoms with E-state index in [1.807, 2.05) is 24.8 Å². The Balaban J connectivity index is 2.01. The monoisotopic (exact) mass is 316 g/mol. The van der Waals surface area contributed by atoms with Crippen molar-refractivity contribution in [2.45, 2.75) is 46.1 Å². The molecule has 0 aliphatic carbocycles. The van der Waals surface area contributed by atoms with Gasteiger partial charge in [-0.25, -0.2) is 4.98 Å². The number of pyridine rings is 1. The van der Waals surface area contributed by atoms with Gasteiger partial charge in [0.15, 0.2) is 0 Å². The molecule has 0 radical (unpaired) electrons. The average Bonchev–Trinajstić information content (AvgIpc) is 2.93. The second-order valence-electron chi connectivity index (χ2n) is 6.24. The van der Waals surface area contributed by atoms with Gasteiger partial charge in [-0.05, 0) is 52.3 Å². The first kappa shape index (κ1) is 15.9. The maximum Gasteiger partial charge on any atom is 0.258 e. The number of rotatable bonds is 4.